The first-order chi connectivity index (χ1) is 10.1. The van der Waals surface area contributed by atoms with Gasteiger partial charge in [0.1, 0.15) is 0 Å². The maximum Gasteiger partial charge on any atom is 0.0964 e. The Hall–Kier alpha value is -1.43. The van der Waals surface area contributed by atoms with Crippen molar-refractivity contribution in [2.45, 2.75) is 39.6 Å². The normalized spacial score (nSPS) is 11.2. The minimum absolute atomic E-state index is 0.441. The van der Waals surface area contributed by atoms with E-state index in [0.717, 1.165) is 22.8 Å². The molecule has 21 heavy (non-hydrogen) atoms. The Morgan fingerprint density at radius 2 is 2.24 bits per heavy atom. The van der Waals surface area contributed by atoms with Gasteiger partial charge in [-0.1, -0.05) is 42.8 Å². The van der Waals surface area contributed by atoms with E-state index in [1.807, 2.05) is 30.5 Å². The number of ether oxygens (including phenoxy) is 1. The number of hydrogen-bond acceptors (Lipinski definition) is 4. The molecule has 5 nitrogen and oxygen atoms in total. The van der Waals surface area contributed by atoms with Gasteiger partial charge in [0.25, 0.3) is 0 Å². The van der Waals surface area contributed by atoms with Gasteiger partial charge in [-0.15, -0.1) is 5.10 Å². The van der Waals surface area contributed by atoms with Gasteiger partial charge in [-0.2, -0.15) is 0 Å². The summed E-state index contributed by atoms with van der Waals surface area (Å²) in [7, 11) is 0. The summed E-state index contributed by atoms with van der Waals surface area (Å²) < 4.78 is 7.42. The molecule has 0 aliphatic heterocycles. The average Bonchev–Trinajstić information content (AvgIpc) is 2.89. The summed E-state index contributed by atoms with van der Waals surface area (Å²) in [5.41, 5.74) is 2.02. The van der Waals surface area contributed by atoms with Crippen molar-refractivity contribution in [3.05, 3.63) is 46.7 Å². The Kier molecular flexibility index (Phi) is 6.17. The molecule has 114 valence electrons. The van der Waals surface area contributed by atoms with Crippen LogP contribution in [0, 0.1) is 0 Å². The van der Waals surface area contributed by atoms with E-state index in [-0.39, 0.29) is 0 Å². The van der Waals surface area contributed by atoms with E-state index in [1.54, 1.807) is 4.68 Å². The molecule has 1 aromatic carbocycles. The number of nitrogens with zero attached hydrogens (tertiary/aromatic N) is 3. The summed E-state index contributed by atoms with van der Waals surface area (Å²) >= 11 is 5.92. The SMILES string of the molecule is CC(C)NCc1cn(CCOCc2cccc(Cl)c2)nn1. The fraction of sp³-hybridized carbons (Fsp3) is 0.467. The highest BCUT2D eigenvalue weighted by atomic mass is 35.5. The predicted molar refractivity (Wildman–Crippen MR) is 83.1 cm³/mol. The smallest absolute Gasteiger partial charge is 0.0964 e. The number of hydrogen-bond donors (Lipinski definition) is 1. The van der Waals surface area contributed by atoms with Crippen LogP contribution >= 0.6 is 11.6 Å². The lowest BCUT2D eigenvalue weighted by molar-refractivity contribution is 0.110. The lowest BCUT2D eigenvalue weighted by Crippen LogP contribution is -2.21. The molecule has 1 heterocycles. The van der Waals surface area contributed by atoms with E-state index in [0.29, 0.717) is 25.8 Å². The van der Waals surface area contributed by atoms with Crippen LogP contribution in [-0.4, -0.2) is 27.6 Å². The van der Waals surface area contributed by atoms with Gasteiger partial charge in [-0.3, -0.25) is 0 Å². The lowest BCUT2D eigenvalue weighted by atomic mass is 10.2. The van der Waals surface area contributed by atoms with Crippen LogP contribution in [0.4, 0.5) is 0 Å². The highest BCUT2D eigenvalue weighted by Crippen LogP contribution is 2.11. The topological polar surface area (TPSA) is 52.0 Å². The average molecular weight is 309 g/mol. The molecule has 1 aromatic heterocycles. The van der Waals surface area contributed by atoms with Gasteiger partial charge in [0.2, 0.25) is 0 Å². The zero-order chi connectivity index (χ0) is 15.1. The van der Waals surface area contributed by atoms with Gasteiger partial charge in [0.15, 0.2) is 0 Å². The third-order valence-electron chi connectivity index (χ3n) is 2.90. The molecule has 0 fully saturated rings. The van der Waals surface area contributed by atoms with Crippen molar-refractivity contribution in [1.29, 1.82) is 0 Å². The minimum atomic E-state index is 0.441. The van der Waals surface area contributed by atoms with Crippen LogP contribution in [0.15, 0.2) is 30.5 Å². The molecular weight excluding hydrogens is 288 g/mol. The van der Waals surface area contributed by atoms with E-state index in [9.17, 15) is 0 Å². The number of rotatable bonds is 8. The second-order valence-corrected chi connectivity index (χ2v) is 5.63. The van der Waals surface area contributed by atoms with Crippen molar-refractivity contribution in [1.82, 2.24) is 20.3 Å². The van der Waals surface area contributed by atoms with Crippen molar-refractivity contribution in [2.75, 3.05) is 6.61 Å². The summed E-state index contributed by atoms with van der Waals surface area (Å²) in [6, 6.07) is 8.12. The van der Waals surface area contributed by atoms with Crippen LogP contribution in [-0.2, 0) is 24.4 Å². The van der Waals surface area contributed by atoms with Gasteiger partial charge >= 0.3 is 0 Å². The summed E-state index contributed by atoms with van der Waals surface area (Å²) in [5, 5.41) is 12.2. The highest BCUT2D eigenvalue weighted by Gasteiger charge is 2.02. The molecule has 0 spiro atoms. The molecule has 0 aliphatic rings. The predicted octanol–water partition coefficient (Wildman–Crippen LogP) is 2.65. The monoisotopic (exact) mass is 308 g/mol. The summed E-state index contributed by atoms with van der Waals surface area (Å²) in [6.45, 7) is 6.78. The Labute approximate surface area is 130 Å². The quantitative estimate of drug-likeness (QED) is 0.762. The Morgan fingerprint density at radius 3 is 3.00 bits per heavy atom. The van der Waals surface area contributed by atoms with Crippen LogP contribution in [0.2, 0.25) is 5.02 Å². The number of benzene rings is 1. The van der Waals surface area contributed by atoms with E-state index >= 15 is 0 Å². The molecule has 0 atom stereocenters. The third-order valence-corrected chi connectivity index (χ3v) is 3.14. The Morgan fingerprint density at radius 1 is 1.38 bits per heavy atom. The van der Waals surface area contributed by atoms with Crippen LogP contribution in [0.25, 0.3) is 0 Å². The largest absolute Gasteiger partial charge is 0.375 e. The first kappa shape index (κ1) is 15.9. The maximum atomic E-state index is 5.92. The fourth-order valence-electron chi connectivity index (χ4n) is 1.81. The molecule has 6 heteroatoms. The molecule has 0 saturated heterocycles. The number of nitrogens with one attached hydrogen (secondary N) is 1. The fourth-order valence-corrected chi connectivity index (χ4v) is 2.03. The molecule has 0 saturated carbocycles. The van der Waals surface area contributed by atoms with E-state index in [1.165, 1.54) is 0 Å². The molecule has 0 bridgehead atoms. The van der Waals surface area contributed by atoms with Crippen LogP contribution < -0.4 is 5.32 Å². The maximum absolute atomic E-state index is 5.92. The molecular formula is C15H21ClN4O. The number of aromatic nitrogens is 3. The molecule has 1 N–H and O–H groups in total. The summed E-state index contributed by atoms with van der Waals surface area (Å²) in [6.07, 6.45) is 1.94. The van der Waals surface area contributed by atoms with Gasteiger partial charge in [-0.25, -0.2) is 4.68 Å². The molecule has 0 aliphatic carbocycles. The van der Waals surface area contributed by atoms with E-state index in [2.05, 4.69) is 29.5 Å². The first-order valence-electron chi connectivity index (χ1n) is 7.08. The van der Waals surface area contributed by atoms with E-state index in [4.69, 9.17) is 16.3 Å². The van der Waals surface area contributed by atoms with Crippen molar-refractivity contribution in [2.24, 2.45) is 0 Å². The second kappa shape index (κ2) is 8.12. The van der Waals surface area contributed by atoms with Crippen molar-refractivity contribution < 1.29 is 4.74 Å². The van der Waals surface area contributed by atoms with Gasteiger partial charge < -0.3 is 10.1 Å². The standard InChI is InChI=1S/C15H21ClN4O/c1-12(2)17-9-15-10-20(19-18-15)6-7-21-11-13-4-3-5-14(16)8-13/h3-5,8,10,12,17H,6-7,9,11H2,1-2H3. The van der Waals surface area contributed by atoms with Gasteiger partial charge in [-0.05, 0) is 17.7 Å². The second-order valence-electron chi connectivity index (χ2n) is 5.19. The first-order valence-corrected chi connectivity index (χ1v) is 7.46. The molecule has 0 radical (unpaired) electrons. The van der Waals surface area contributed by atoms with Gasteiger partial charge in [0.05, 0.1) is 25.5 Å². The Bertz CT molecular complexity index is 556. The lowest BCUT2D eigenvalue weighted by Gasteiger charge is -2.05. The van der Waals surface area contributed by atoms with Crippen LogP contribution in [0.1, 0.15) is 25.1 Å². The van der Waals surface area contributed by atoms with Crippen molar-refractivity contribution in [3.8, 4) is 0 Å². The summed E-state index contributed by atoms with van der Waals surface area (Å²) in [5.74, 6) is 0. The molecule has 2 rings (SSSR count). The highest BCUT2D eigenvalue weighted by molar-refractivity contribution is 6.30. The molecule has 2 aromatic rings. The zero-order valence-corrected chi connectivity index (χ0v) is 13.2. The third kappa shape index (κ3) is 5.83. The minimum Gasteiger partial charge on any atom is -0.375 e. The molecule has 0 unspecified atom stereocenters. The van der Waals surface area contributed by atoms with Crippen molar-refractivity contribution >= 4 is 11.6 Å². The van der Waals surface area contributed by atoms with Crippen LogP contribution in [0.3, 0.4) is 0 Å². The zero-order valence-electron chi connectivity index (χ0n) is 12.4. The summed E-state index contributed by atoms with van der Waals surface area (Å²) in [4.78, 5) is 0. The molecule has 0 amide bonds. The van der Waals surface area contributed by atoms with E-state index < -0.39 is 0 Å². The van der Waals surface area contributed by atoms with Gasteiger partial charge in [0, 0.05) is 23.8 Å². The Balaban J connectivity index is 1.69. The number of halogens is 1. The van der Waals surface area contributed by atoms with Crippen LogP contribution in [0.5, 0.6) is 0 Å². The van der Waals surface area contributed by atoms with Crippen molar-refractivity contribution in [3.63, 3.8) is 0 Å².